The predicted octanol–water partition coefficient (Wildman–Crippen LogP) is 5.09. The fourth-order valence-corrected chi connectivity index (χ4v) is 5.43. The number of anilines is 3. The molecule has 4 aromatic rings. The summed E-state index contributed by atoms with van der Waals surface area (Å²) in [5.41, 5.74) is 4.23. The molecule has 11 heteroatoms. The van der Waals surface area contributed by atoms with Gasteiger partial charge in [0.15, 0.2) is 0 Å². The highest BCUT2D eigenvalue weighted by Gasteiger charge is 2.19. The van der Waals surface area contributed by atoms with E-state index in [0.29, 0.717) is 75.1 Å². The van der Waals surface area contributed by atoms with Gasteiger partial charge in [0.1, 0.15) is 17.3 Å². The summed E-state index contributed by atoms with van der Waals surface area (Å²) >= 11 is 6.56. The fraction of sp³-hybridized carbons (Fsp3) is 0.355. The molecular weight excluding hydrogens is 552 g/mol. The zero-order valence-corrected chi connectivity index (χ0v) is 25.1. The van der Waals surface area contributed by atoms with Crippen LogP contribution < -0.4 is 15.4 Å². The lowest BCUT2D eigenvalue weighted by Crippen LogP contribution is -2.44. The number of carbonyl (C=O) groups excluding carboxylic acids is 1. The zero-order chi connectivity index (χ0) is 29.8. The van der Waals surface area contributed by atoms with Crippen LogP contribution in [0.15, 0.2) is 42.6 Å². The van der Waals surface area contributed by atoms with Crippen LogP contribution in [-0.4, -0.2) is 76.8 Å². The van der Waals surface area contributed by atoms with Crippen LogP contribution >= 0.6 is 11.6 Å². The predicted molar refractivity (Wildman–Crippen MR) is 168 cm³/mol. The van der Waals surface area contributed by atoms with Crippen molar-refractivity contribution in [3.05, 3.63) is 58.9 Å². The maximum absolute atomic E-state index is 13.0. The topological polar surface area (TPSA) is 111 Å². The van der Waals surface area contributed by atoms with Crippen molar-refractivity contribution in [3.63, 3.8) is 0 Å². The van der Waals surface area contributed by atoms with E-state index in [0.717, 1.165) is 31.6 Å². The number of ether oxygens (including phenoxy) is 1. The lowest BCUT2D eigenvalue weighted by Gasteiger charge is -2.31. The zero-order valence-electron chi connectivity index (χ0n) is 24.4. The number of hydrogen-bond donors (Lipinski definition) is 2. The molecule has 2 aromatic carbocycles. The number of rotatable bonds is 9. The van der Waals surface area contributed by atoms with Gasteiger partial charge in [0, 0.05) is 74.6 Å². The van der Waals surface area contributed by atoms with E-state index in [4.69, 9.17) is 21.3 Å². The highest BCUT2D eigenvalue weighted by molar-refractivity contribution is 6.35. The number of carbonyl (C=O) groups is 1. The second-order valence-electron chi connectivity index (χ2n) is 10.4. The third kappa shape index (κ3) is 6.34. The first-order chi connectivity index (χ1) is 20.3. The van der Waals surface area contributed by atoms with Gasteiger partial charge in [-0.05, 0) is 38.6 Å². The summed E-state index contributed by atoms with van der Waals surface area (Å²) in [5.74, 6) is 0.252. The Labute approximate surface area is 250 Å². The van der Waals surface area contributed by atoms with Gasteiger partial charge >= 0.3 is 0 Å². The monoisotopic (exact) mass is 586 g/mol. The van der Waals surface area contributed by atoms with Crippen molar-refractivity contribution < 1.29 is 9.53 Å². The number of pyridine rings is 1. The number of nitrogens with zero attached hydrogens (tertiary/aromatic N) is 6. The Balaban J connectivity index is 1.51. The first-order valence-electron chi connectivity index (χ1n) is 14.1. The molecule has 1 aliphatic rings. The van der Waals surface area contributed by atoms with Gasteiger partial charge in [0.05, 0.1) is 39.8 Å². The van der Waals surface area contributed by atoms with Crippen LogP contribution in [0.25, 0.3) is 21.8 Å². The molecule has 10 nitrogen and oxygen atoms in total. The van der Waals surface area contributed by atoms with E-state index < -0.39 is 0 Å². The lowest BCUT2D eigenvalue weighted by molar-refractivity contribution is -0.111. The van der Waals surface area contributed by atoms with Crippen LogP contribution in [0.2, 0.25) is 5.02 Å². The highest BCUT2D eigenvalue weighted by Crippen LogP contribution is 2.38. The molecular formula is C31H35ClN8O2. The maximum atomic E-state index is 13.0. The molecule has 42 heavy (non-hydrogen) atoms. The Kier molecular flexibility index (Phi) is 8.92. The SMILES string of the molecule is CCOc1cc2nc(CC)c(C#N)c(Nc3cc(Cl)c4nn(C)cc4c3)c2cc1NC(=O)/C=C/CN1CCN(C)CC1. The van der Waals surface area contributed by atoms with Gasteiger partial charge in [-0.1, -0.05) is 24.6 Å². The van der Waals surface area contributed by atoms with Crippen molar-refractivity contribution in [2.75, 3.05) is 57.0 Å². The molecule has 0 bridgehead atoms. The largest absolute Gasteiger partial charge is 0.492 e. The summed E-state index contributed by atoms with van der Waals surface area (Å²) in [6.45, 7) is 8.97. The van der Waals surface area contributed by atoms with E-state index in [1.807, 2.05) is 51.4 Å². The van der Waals surface area contributed by atoms with E-state index in [1.165, 1.54) is 0 Å². The molecule has 1 saturated heterocycles. The number of aryl methyl sites for hydroxylation is 2. The normalized spacial score (nSPS) is 14.5. The molecule has 5 rings (SSSR count). The Bertz CT molecular complexity index is 1700. The minimum Gasteiger partial charge on any atom is -0.492 e. The van der Waals surface area contributed by atoms with Gasteiger partial charge in [-0.25, -0.2) is 0 Å². The standard InChI is InChI=1S/C31H35ClN8O2/c1-5-25-23(18-33)31(34-21-14-20-19-39(4)37-30(20)24(32)15-21)22-16-27(28(42-6-2)17-26(22)35-25)36-29(41)8-7-9-40-12-10-38(3)11-13-40/h7-8,14-17,19H,5-6,9-13H2,1-4H3,(H,34,35)(H,36,41)/b8-7+. The van der Waals surface area contributed by atoms with E-state index in [2.05, 4.69) is 38.6 Å². The van der Waals surface area contributed by atoms with Crippen LogP contribution in [0.5, 0.6) is 5.75 Å². The average molecular weight is 587 g/mol. The number of benzene rings is 2. The lowest BCUT2D eigenvalue weighted by atomic mass is 10.0. The molecule has 2 N–H and O–H groups in total. The molecule has 3 heterocycles. The number of nitriles is 1. The Morgan fingerprint density at radius 1 is 1.17 bits per heavy atom. The van der Waals surface area contributed by atoms with E-state index in [-0.39, 0.29) is 5.91 Å². The molecule has 0 aliphatic carbocycles. The van der Waals surface area contributed by atoms with Gasteiger partial charge < -0.3 is 20.3 Å². The highest BCUT2D eigenvalue weighted by atomic mass is 35.5. The van der Waals surface area contributed by atoms with Crippen molar-refractivity contribution >= 4 is 56.4 Å². The molecule has 1 fully saturated rings. The quantitative estimate of drug-likeness (QED) is 0.261. The first-order valence-corrected chi connectivity index (χ1v) is 14.5. The number of amides is 1. The third-order valence-electron chi connectivity index (χ3n) is 7.34. The Morgan fingerprint density at radius 2 is 1.95 bits per heavy atom. The van der Waals surface area contributed by atoms with Crippen LogP contribution in [0.4, 0.5) is 17.1 Å². The minimum atomic E-state index is -0.258. The molecule has 0 radical (unpaired) electrons. The number of nitrogens with one attached hydrogen (secondary N) is 2. The van der Waals surface area contributed by atoms with Crippen LogP contribution in [0.1, 0.15) is 25.1 Å². The molecule has 0 spiro atoms. The van der Waals surface area contributed by atoms with Crippen molar-refractivity contribution in [2.45, 2.75) is 20.3 Å². The fourth-order valence-electron chi connectivity index (χ4n) is 5.16. The molecule has 1 amide bonds. The molecule has 2 aromatic heterocycles. The van der Waals surface area contributed by atoms with E-state index in [9.17, 15) is 10.1 Å². The second kappa shape index (κ2) is 12.8. The number of fused-ring (bicyclic) bond motifs is 2. The number of aromatic nitrogens is 3. The van der Waals surface area contributed by atoms with Gasteiger partial charge in [-0.15, -0.1) is 0 Å². The van der Waals surface area contributed by atoms with Crippen molar-refractivity contribution in [2.24, 2.45) is 7.05 Å². The number of piperazine rings is 1. The first kappa shape index (κ1) is 29.3. The smallest absolute Gasteiger partial charge is 0.248 e. The average Bonchev–Trinajstić information content (AvgIpc) is 3.35. The summed E-state index contributed by atoms with van der Waals surface area (Å²) in [4.78, 5) is 22.4. The molecule has 1 aliphatic heterocycles. The Hall–Kier alpha value is -4.17. The summed E-state index contributed by atoms with van der Waals surface area (Å²) < 4.78 is 7.62. The van der Waals surface area contributed by atoms with E-state index in [1.54, 1.807) is 16.8 Å². The van der Waals surface area contributed by atoms with Gasteiger partial charge in [0.25, 0.3) is 0 Å². The maximum Gasteiger partial charge on any atom is 0.248 e. The Morgan fingerprint density at radius 3 is 2.67 bits per heavy atom. The molecule has 0 unspecified atom stereocenters. The number of hydrogen-bond acceptors (Lipinski definition) is 8. The third-order valence-corrected chi connectivity index (χ3v) is 7.63. The van der Waals surface area contributed by atoms with Crippen LogP contribution in [0.3, 0.4) is 0 Å². The van der Waals surface area contributed by atoms with Crippen molar-refractivity contribution in [1.82, 2.24) is 24.6 Å². The van der Waals surface area contributed by atoms with Gasteiger partial charge in [0.2, 0.25) is 5.91 Å². The number of halogens is 1. The van der Waals surface area contributed by atoms with Gasteiger partial charge in [-0.2, -0.15) is 10.4 Å². The summed E-state index contributed by atoms with van der Waals surface area (Å²) in [6, 6.07) is 9.69. The second-order valence-corrected chi connectivity index (χ2v) is 10.8. The van der Waals surface area contributed by atoms with Crippen molar-refractivity contribution in [1.29, 1.82) is 5.26 Å². The molecule has 0 saturated carbocycles. The molecule has 218 valence electrons. The minimum absolute atomic E-state index is 0.258. The summed E-state index contributed by atoms with van der Waals surface area (Å²) in [6.07, 6.45) is 5.90. The van der Waals surface area contributed by atoms with Gasteiger partial charge in [-0.3, -0.25) is 19.4 Å². The van der Waals surface area contributed by atoms with Crippen LogP contribution in [-0.2, 0) is 18.3 Å². The van der Waals surface area contributed by atoms with E-state index >= 15 is 0 Å². The summed E-state index contributed by atoms with van der Waals surface area (Å²) in [7, 11) is 3.96. The molecule has 0 atom stereocenters. The summed E-state index contributed by atoms with van der Waals surface area (Å²) in [5, 5.41) is 23.1. The number of likely N-dealkylation sites (N-methyl/N-ethyl adjacent to an activating group) is 1. The van der Waals surface area contributed by atoms with Crippen LogP contribution in [0, 0.1) is 11.3 Å². The van der Waals surface area contributed by atoms with Crippen molar-refractivity contribution in [3.8, 4) is 11.8 Å².